The maximum atomic E-state index is 12.2. The van der Waals surface area contributed by atoms with Gasteiger partial charge in [-0.05, 0) is 61.5 Å². The number of carbonyl (C=O) groups is 1. The first-order chi connectivity index (χ1) is 11.2. The van der Waals surface area contributed by atoms with Crippen LogP contribution in [0.25, 0.3) is 0 Å². The minimum atomic E-state index is -0.264. The van der Waals surface area contributed by atoms with Crippen molar-refractivity contribution in [1.82, 2.24) is 16.2 Å². The van der Waals surface area contributed by atoms with Crippen LogP contribution in [0.5, 0.6) is 11.5 Å². The molecule has 1 aromatic carbocycles. The van der Waals surface area contributed by atoms with Gasteiger partial charge in [0.2, 0.25) is 6.79 Å². The fraction of sp³-hybridized carbons (Fsp3) is 0.500. The smallest absolute Gasteiger partial charge is 0.269 e. The van der Waals surface area contributed by atoms with E-state index in [1.54, 1.807) is 18.2 Å². The van der Waals surface area contributed by atoms with Crippen molar-refractivity contribution in [3.8, 4) is 11.5 Å². The van der Waals surface area contributed by atoms with Crippen LogP contribution in [0.4, 0.5) is 0 Å². The molecule has 23 heavy (non-hydrogen) atoms. The van der Waals surface area contributed by atoms with E-state index in [2.05, 4.69) is 16.2 Å². The van der Waals surface area contributed by atoms with E-state index < -0.39 is 0 Å². The normalized spacial score (nSPS) is 26.9. The number of nitrogens with one attached hydrogen (secondary N) is 3. The van der Waals surface area contributed by atoms with Crippen molar-refractivity contribution in [2.24, 2.45) is 11.8 Å². The molecule has 1 aliphatic heterocycles. The van der Waals surface area contributed by atoms with Crippen LogP contribution >= 0.6 is 12.2 Å². The third-order valence-corrected chi connectivity index (χ3v) is 5.20. The molecule has 1 heterocycles. The van der Waals surface area contributed by atoms with Crippen LogP contribution in [0.3, 0.4) is 0 Å². The highest BCUT2D eigenvalue weighted by molar-refractivity contribution is 7.80. The molecule has 0 spiro atoms. The molecule has 2 fully saturated rings. The topological polar surface area (TPSA) is 71.6 Å². The average molecular weight is 333 g/mol. The maximum Gasteiger partial charge on any atom is 0.269 e. The summed E-state index contributed by atoms with van der Waals surface area (Å²) >= 11 is 5.27. The molecular formula is C16H19N3O3S. The van der Waals surface area contributed by atoms with Gasteiger partial charge in [-0.25, -0.2) is 0 Å². The van der Waals surface area contributed by atoms with Crippen molar-refractivity contribution in [2.75, 3.05) is 6.79 Å². The summed E-state index contributed by atoms with van der Waals surface area (Å²) in [5.41, 5.74) is 5.89. The number of fused-ring (bicyclic) bond motifs is 3. The van der Waals surface area contributed by atoms with Crippen molar-refractivity contribution in [3.05, 3.63) is 23.8 Å². The number of hydrazine groups is 1. The van der Waals surface area contributed by atoms with Gasteiger partial charge in [-0.2, -0.15) is 0 Å². The molecule has 0 aromatic heterocycles. The van der Waals surface area contributed by atoms with Gasteiger partial charge in [0, 0.05) is 11.6 Å². The summed E-state index contributed by atoms with van der Waals surface area (Å²) in [6.07, 6.45) is 5.13. The van der Waals surface area contributed by atoms with Crippen LogP contribution < -0.4 is 25.6 Å². The van der Waals surface area contributed by atoms with Crippen LogP contribution in [0.2, 0.25) is 0 Å². The average Bonchev–Trinajstić information content (AvgIpc) is 3.27. The Labute approximate surface area is 139 Å². The lowest BCUT2D eigenvalue weighted by Crippen LogP contribution is -2.50. The van der Waals surface area contributed by atoms with E-state index in [0.717, 1.165) is 11.8 Å². The van der Waals surface area contributed by atoms with E-state index >= 15 is 0 Å². The highest BCUT2D eigenvalue weighted by atomic mass is 32.1. The highest BCUT2D eigenvalue weighted by Crippen LogP contribution is 2.44. The van der Waals surface area contributed by atoms with Gasteiger partial charge in [-0.1, -0.05) is 6.42 Å². The molecule has 1 amide bonds. The molecule has 0 radical (unpaired) electrons. The molecule has 3 aliphatic rings. The molecule has 6 nitrogen and oxygen atoms in total. The first-order valence-corrected chi connectivity index (χ1v) is 8.36. The molecule has 2 saturated carbocycles. The van der Waals surface area contributed by atoms with Crippen LogP contribution in [0.1, 0.15) is 36.0 Å². The van der Waals surface area contributed by atoms with Crippen LogP contribution in [0, 0.1) is 11.8 Å². The molecule has 2 bridgehead atoms. The number of hydrogen-bond acceptors (Lipinski definition) is 4. The Morgan fingerprint density at radius 2 is 2.00 bits per heavy atom. The summed E-state index contributed by atoms with van der Waals surface area (Å²) in [5.74, 6) is 2.55. The predicted molar refractivity (Wildman–Crippen MR) is 88.1 cm³/mol. The maximum absolute atomic E-state index is 12.2. The first kappa shape index (κ1) is 14.6. The summed E-state index contributed by atoms with van der Waals surface area (Å²) in [6.45, 7) is 0.191. The van der Waals surface area contributed by atoms with E-state index in [0.29, 0.717) is 28.2 Å². The second-order valence-corrected chi connectivity index (χ2v) is 6.81. The standard InChI is InChI=1S/C16H19N3O3S/c20-15(11-3-4-13-14(7-11)22-8-21-13)18-19-16(23)17-12-6-9-1-2-10(12)5-9/h3-4,7,9-10,12H,1-2,5-6,8H2,(H,18,20)(H2,17,19,23)/t9-,10+,12-/m0/s1. The minimum absolute atomic E-state index is 0.191. The van der Waals surface area contributed by atoms with E-state index in [-0.39, 0.29) is 12.7 Å². The quantitative estimate of drug-likeness (QED) is 0.565. The lowest BCUT2D eigenvalue weighted by atomic mass is 9.96. The van der Waals surface area contributed by atoms with Crippen molar-refractivity contribution in [1.29, 1.82) is 0 Å². The highest BCUT2D eigenvalue weighted by Gasteiger charge is 2.39. The molecule has 4 rings (SSSR count). The van der Waals surface area contributed by atoms with Crippen molar-refractivity contribution < 1.29 is 14.3 Å². The van der Waals surface area contributed by atoms with Crippen molar-refractivity contribution >= 4 is 23.2 Å². The Kier molecular flexibility index (Phi) is 3.72. The lowest BCUT2D eigenvalue weighted by molar-refractivity contribution is 0.0943. The molecule has 3 N–H and O–H groups in total. The zero-order valence-electron chi connectivity index (χ0n) is 12.6. The van der Waals surface area contributed by atoms with Gasteiger partial charge in [0.1, 0.15) is 0 Å². The number of hydrogen-bond donors (Lipinski definition) is 3. The molecular weight excluding hydrogens is 314 g/mol. The second-order valence-electron chi connectivity index (χ2n) is 6.40. The zero-order valence-corrected chi connectivity index (χ0v) is 13.4. The Morgan fingerprint density at radius 3 is 2.78 bits per heavy atom. The molecule has 2 aliphatic carbocycles. The molecule has 0 unspecified atom stereocenters. The number of carbonyl (C=O) groups excluding carboxylic acids is 1. The van der Waals surface area contributed by atoms with E-state index in [1.165, 1.54) is 25.7 Å². The fourth-order valence-electron chi connectivity index (χ4n) is 3.85. The summed E-state index contributed by atoms with van der Waals surface area (Å²) in [4.78, 5) is 12.2. The zero-order chi connectivity index (χ0) is 15.8. The number of benzene rings is 1. The van der Waals surface area contributed by atoms with E-state index in [4.69, 9.17) is 21.7 Å². The van der Waals surface area contributed by atoms with Gasteiger partial charge in [0.25, 0.3) is 5.91 Å². The van der Waals surface area contributed by atoms with Crippen LogP contribution in [0.15, 0.2) is 18.2 Å². The van der Waals surface area contributed by atoms with E-state index in [9.17, 15) is 4.79 Å². The number of amides is 1. The first-order valence-electron chi connectivity index (χ1n) is 7.95. The van der Waals surface area contributed by atoms with Gasteiger partial charge in [0.15, 0.2) is 16.6 Å². The van der Waals surface area contributed by atoms with E-state index in [1.807, 2.05) is 0 Å². The largest absolute Gasteiger partial charge is 0.454 e. The monoisotopic (exact) mass is 333 g/mol. The Hall–Kier alpha value is -2.02. The second kappa shape index (κ2) is 5.88. The Balaban J connectivity index is 1.28. The lowest BCUT2D eigenvalue weighted by Gasteiger charge is -2.24. The van der Waals surface area contributed by atoms with Crippen LogP contribution in [-0.4, -0.2) is 23.9 Å². The SMILES string of the molecule is O=C(NNC(=S)N[C@H]1C[C@H]2CC[C@@H]1C2)c1ccc2c(c1)OCO2. The van der Waals surface area contributed by atoms with Gasteiger partial charge in [-0.3, -0.25) is 15.6 Å². The summed E-state index contributed by atoms with van der Waals surface area (Å²) in [7, 11) is 0. The summed E-state index contributed by atoms with van der Waals surface area (Å²) < 4.78 is 10.5. The van der Waals surface area contributed by atoms with Gasteiger partial charge < -0.3 is 14.8 Å². The number of thiocarbonyl (C=S) groups is 1. The number of ether oxygens (including phenoxy) is 2. The van der Waals surface area contributed by atoms with Crippen molar-refractivity contribution in [3.63, 3.8) is 0 Å². The Bertz CT molecular complexity index is 651. The molecule has 7 heteroatoms. The minimum Gasteiger partial charge on any atom is -0.454 e. The third kappa shape index (κ3) is 2.93. The molecule has 0 saturated heterocycles. The third-order valence-electron chi connectivity index (χ3n) is 4.98. The summed E-state index contributed by atoms with van der Waals surface area (Å²) in [6, 6.07) is 5.52. The van der Waals surface area contributed by atoms with Gasteiger partial charge in [0.05, 0.1) is 0 Å². The summed E-state index contributed by atoms with van der Waals surface area (Å²) in [5, 5.41) is 3.79. The van der Waals surface area contributed by atoms with Gasteiger partial charge >= 0.3 is 0 Å². The fourth-order valence-corrected chi connectivity index (χ4v) is 4.05. The van der Waals surface area contributed by atoms with Crippen LogP contribution in [-0.2, 0) is 0 Å². The molecule has 122 valence electrons. The van der Waals surface area contributed by atoms with Gasteiger partial charge in [-0.15, -0.1) is 0 Å². The predicted octanol–water partition coefficient (Wildman–Crippen LogP) is 1.71. The number of rotatable bonds is 2. The molecule has 1 aromatic rings. The Morgan fingerprint density at radius 1 is 1.13 bits per heavy atom. The van der Waals surface area contributed by atoms with Crippen molar-refractivity contribution in [2.45, 2.75) is 31.7 Å². The molecule has 3 atom stereocenters.